The van der Waals surface area contributed by atoms with Crippen molar-refractivity contribution in [1.29, 1.82) is 0 Å². The molecule has 6 rings (SSSR count). The molecule has 4 heterocycles. The van der Waals surface area contributed by atoms with Crippen LogP contribution in [0.3, 0.4) is 0 Å². The van der Waals surface area contributed by atoms with Crippen molar-refractivity contribution in [1.82, 2.24) is 4.57 Å². The third-order valence-electron chi connectivity index (χ3n) is 6.72. The van der Waals surface area contributed by atoms with Gasteiger partial charge in [0.05, 0.1) is 28.5 Å². The minimum absolute atomic E-state index is 0.0990. The van der Waals surface area contributed by atoms with Crippen molar-refractivity contribution >= 4 is 29.1 Å². The van der Waals surface area contributed by atoms with Gasteiger partial charge in [0.1, 0.15) is 17.2 Å². The van der Waals surface area contributed by atoms with Crippen molar-refractivity contribution in [3.8, 4) is 22.8 Å². The molecule has 4 aromatic rings. The third-order valence-corrected chi connectivity index (χ3v) is 7.70. The van der Waals surface area contributed by atoms with Crippen molar-refractivity contribution in [3.63, 3.8) is 0 Å². The van der Waals surface area contributed by atoms with Crippen LogP contribution in [0.2, 0.25) is 0 Å². The second kappa shape index (κ2) is 10.1. The van der Waals surface area contributed by atoms with Crippen LogP contribution in [0.1, 0.15) is 36.8 Å². The first-order chi connectivity index (χ1) is 19.4. The van der Waals surface area contributed by atoms with Crippen molar-refractivity contribution in [2.24, 2.45) is 10.2 Å². The molecule has 2 aliphatic heterocycles. The number of esters is 1. The summed E-state index contributed by atoms with van der Waals surface area (Å²) in [5.74, 6) is 1.56. The van der Waals surface area contributed by atoms with Crippen LogP contribution in [-0.4, -0.2) is 23.9 Å². The van der Waals surface area contributed by atoms with Gasteiger partial charge in [-0.3, -0.25) is 9.36 Å². The highest BCUT2D eigenvalue weighted by molar-refractivity contribution is 7.07. The summed E-state index contributed by atoms with van der Waals surface area (Å²) < 4.78 is 24.2. The molecule has 1 atom stereocenters. The summed E-state index contributed by atoms with van der Waals surface area (Å²) >= 11 is 1.19. The Bertz CT molecular complexity index is 1900. The van der Waals surface area contributed by atoms with Gasteiger partial charge in [0.25, 0.3) is 5.56 Å². The van der Waals surface area contributed by atoms with E-state index in [-0.39, 0.29) is 24.5 Å². The van der Waals surface area contributed by atoms with E-state index in [0.717, 1.165) is 5.56 Å². The molecule has 0 bridgehead atoms. The molecule has 11 heteroatoms. The van der Waals surface area contributed by atoms with E-state index in [4.69, 9.17) is 18.6 Å². The number of aromatic nitrogens is 1. The normalized spacial score (nSPS) is 16.1. The van der Waals surface area contributed by atoms with Crippen LogP contribution in [0.25, 0.3) is 17.4 Å². The first kappa shape index (κ1) is 25.5. The fourth-order valence-corrected chi connectivity index (χ4v) is 5.79. The molecule has 2 aliphatic rings. The lowest BCUT2D eigenvalue weighted by Gasteiger charge is -2.24. The number of hydrogen-bond acceptors (Lipinski definition) is 10. The lowest BCUT2D eigenvalue weighted by atomic mass is 9.95. The van der Waals surface area contributed by atoms with E-state index < -0.39 is 12.0 Å². The first-order valence-corrected chi connectivity index (χ1v) is 13.3. The zero-order valence-corrected chi connectivity index (χ0v) is 22.6. The van der Waals surface area contributed by atoms with Gasteiger partial charge in [-0.15, -0.1) is 4.91 Å². The highest BCUT2D eigenvalue weighted by Gasteiger charge is 2.34. The highest BCUT2D eigenvalue weighted by atomic mass is 32.1. The Morgan fingerprint density at radius 2 is 1.98 bits per heavy atom. The van der Waals surface area contributed by atoms with Crippen LogP contribution in [0.4, 0.5) is 5.69 Å². The quantitative estimate of drug-likeness (QED) is 0.253. The standard InChI is InChI=1S/C29H23N3O7S/c1-4-36-28(34)25-16(3)30-29-32(26(25)18-7-9-22-23(12-18)38-14-37-22)27(33)24(40-29)13-19-8-10-21(39-19)17-6-5-15(2)20(11-17)31-35/h5-13,26H,4,14H2,1-3H3/b24-13-. The van der Waals surface area contributed by atoms with Crippen LogP contribution < -0.4 is 24.4 Å². The largest absolute Gasteiger partial charge is 0.463 e. The fourth-order valence-electron chi connectivity index (χ4n) is 4.77. The number of nitroso groups, excluding NO2 is 1. The van der Waals surface area contributed by atoms with E-state index in [0.29, 0.717) is 54.9 Å². The fraction of sp³-hybridized carbons (Fsp3) is 0.207. The summed E-state index contributed by atoms with van der Waals surface area (Å²) in [7, 11) is 0. The Hall–Kier alpha value is -4.77. The number of nitrogens with zero attached hydrogens (tertiary/aromatic N) is 3. The molecule has 0 radical (unpaired) electrons. The van der Waals surface area contributed by atoms with E-state index in [9.17, 15) is 14.5 Å². The lowest BCUT2D eigenvalue weighted by molar-refractivity contribution is -0.139. The number of carbonyl (C=O) groups excluding carboxylic acids is 1. The van der Waals surface area contributed by atoms with Crippen molar-refractivity contribution in [3.05, 3.63) is 101 Å². The minimum Gasteiger partial charge on any atom is -0.463 e. The number of fused-ring (bicyclic) bond motifs is 2. The minimum atomic E-state index is -0.777. The van der Waals surface area contributed by atoms with Gasteiger partial charge in [0.15, 0.2) is 16.3 Å². The summed E-state index contributed by atoms with van der Waals surface area (Å²) in [5, 5.41) is 3.06. The number of furan rings is 1. The molecule has 2 aromatic carbocycles. The van der Waals surface area contributed by atoms with E-state index in [1.807, 2.05) is 6.07 Å². The van der Waals surface area contributed by atoms with Gasteiger partial charge < -0.3 is 18.6 Å². The average Bonchev–Trinajstić information content (AvgIpc) is 3.68. The molecule has 0 fully saturated rings. The zero-order valence-electron chi connectivity index (χ0n) is 21.8. The van der Waals surface area contributed by atoms with Gasteiger partial charge in [0, 0.05) is 11.6 Å². The number of thiazole rings is 1. The highest BCUT2D eigenvalue weighted by Crippen LogP contribution is 2.38. The molecule has 0 saturated heterocycles. The number of rotatable bonds is 6. The zero-order chi connectivity index (χ0) is 28.0. The Balaban J connectivity index is 1.46. The molecule has 202 valence electrons. The number of benzene rings is 2. The maximum Gasteiger partial charge on any atom is 0.338 e. The van der Waals surface area contributed by atoms with Crippen LogP contribution in [0.15, 0.2) is 79.2 Å². The molecule has 0 saturated carbocycles. The third kappa shape index (κ3) is 4.34. The summed E-state index contributed by atoms with van der Waals surface area (Å²) in [4.78, 5) is 43.1. The van der Waals surface area contributed by atoms with E-state index >= 15 is 0 Å². The summed E-state index contributed by atoms with van der Waals surface area (Å²) in [6.45, 7) is 5.54. The van der Waals surface area contributed by atoms with Crippen LogP contribution >= 0.6 is 11.3 Å². The molecule has 0 N–H and O–H groups in total. The van der Waals surface area contributed by atoms with Gasteiger partial charge >= 0.3 is 5.97 Å². The summed E-state index contributed by atoms with van der Waals surface area (Å²) in [6.07, 6.45) is 1.64. The average molecular weight is 558 g/mol. The molecule has 40 heavy (non-hydrogen) atoms. The lowest BCUT2D eigenvalue weighted by Crippen LogP contribution is -2.39. The van der Waals surface area contributed by atoms with E-state index in [2.05, 4.69) is 10.2 Å². The Labute approximate surface area is 231 Å². The maximum atomic E-state index is 13.8. The van der Waals surface area contributed by atoms with Gasteiger partial charge in [-0.1, -0.05) is 29.5 Å². The summed E-state index contributed by atoms with van der Waals surface area (Å²) in [6, 6.07) is 13.3. The van der Waals surface area contributed by atoms with Crippen molar-refractivity contribution in [2.75, 3.05) is 13.4 Å². The number of allylic oxidation sites excluding steroid dienone is 1. The Morgan fingerprint density at radius 3 is 2.77 bits per heavy atom. The van der Waals surface area contributed by atoms with E-state index in [1.54, 1.807) is 69.3 Å². The molecular formula is C29H23N3O7S. The van der Waals surface area contributed by atoms with Crippen molar-refractivity contribution in [2.45, 2.75) is 26.8 Å². The number of hydrogen-bond donors (Lipinski definition) is 0. The summed E-state index contributed by atoms with van der Waals surface area (Å²) in [5.41, 5.74) is 2.86. The van der Waals surface area contributed by atoms with Gasteiger partial charge in [-0.05, 0) is 67.4 Å². The van der Waals surface area contributed by atoms with Gasteiger partial charge in [-0.25, -0.2) is 9.79 Å². The molecule has 2 aromatic heterocycles. The van der Waals surface area contributed by atoms with Gasteiger partial charge in [-0.2, -0.15) is 0 Å². The molecular weight excluding hydrogens is 534 g/mol. The second-order valence-corrected chi connectivity index (χ2v) is 10.2. The second-order valence-electron chi connectivity index (χ2n) is 9.21. The number of carbonyl (C=O) groups is 1. The van der Waals surface area contributed by atoms with Crippen molar-refractivity contribution < 1.29 is 23.4 Å². The topological polar surface area (TPSA) is 122 Å². The SMILES string of the molecule is CCOC(=O)C1=C(C)N=c2s/c(=C\c3ccc(-c4ccc(C)c(N=O)c4)o3)c(=O)n2C1c1ccc2c(c1)OCO2. The molecule has 1 unspecified atom stereocenters. The Morgan fingerprint density at radius 1 is 1.15 bits per heavy atom. The molecule has 0 aliphatic carbocycles. The molecule has 0 spiro atoms. The van der Waals surface area contributed by atoms with E-state index in [1.165, 1.54) is 15.9 Å². The van der Waals surface area contributed by atoms with Crippen LogP contribution in [0.5, 0.6) is 11.5 Å². The predicted octanol–water partition coefficient (Wildman–Crippen LogP) is 4.49. The smallest absolute Gasteiger partial charge is 0.338 e. The maximum absolute atomic E-state index is 13.8. The molecule has 10 nitrogen and oxygen atoms in total. The monoisotopic (exact) mass is 557 g/mol. The van der Waals surface area contributed by atoms with Crippen LogP contribution in [-0.2, 0) is 9.53 Å². The number of ether oxygens (including phenoxy) is 3. The first-order valence-electron chi connectivity index (χ1n) is 12.5. The Kier molecular flexibility index (Phi) is 6.43. The predicted molar refractivity (Wildman–Crippen MR) is 147 cm³/mol. The van der Waals surface area contributed by atoms with Gasteiger partial charge in [0.2, 0.25) is 6.79 Å². The van der Waals surface area contributed by atoms with Crippen LogP contribution in [0, 0.1) is 11.8 Å². The number of aryl methyl sites for hydroxylation is 1. The molecule has 0 amide bonds.